The molecule has 0 N–H and O–H groups in total. The monoisotopic (exact) mass is 262 g/mol. The number of benzene rings is 1. The quantitative estimate of drug-likeness (QED) is 0.785. The zero-order valence-corrected chi connectivity index (χ0v) is 12.2. The summed E-state index contributed by atoms with van der Waals surface area (Å²) in [5.41, 5.74) is 2.84. The predicted molar refractivity (Wildman–Crippen MR) is 74.9 cm³/mol. The third-order valence-corrected chi connectivity index (χ3v) is 3.93. The maximum absolute atomic E-state index is 12.6. The second-order valence-corrected chi connectivity index (χ2v) is 5.45. The summed E-state index contributed by atoms with van der Waals surface area (Å²) in [4.78, 5) is 12.6. The van der Waals surface area contributed by atoms with E-state index in [9.17, 15) is 4.79 Å². The molecule has 19 heavy (non-hydrogen) atoms. The second kappa shape index (κ2) is 5.74. The number of Topliss-reactive ketones (excluding diaryl/α,β-unsaturated/α-hetero) is 1. The Balaban J connectivity index is 2.28. The molecule has 0 aliphatic carbocycles. The second-order valence-electron chi connectivity index (χ2n) is 5.45. The van der Waals surface area contributed by atoms with Crippen molar-refractivity contribution in [3.05, 3.63) is 28.8 Å². The van der Waals surface area contributed by atoms with Crippen LogP contribution < -0.4 is 4.74 Å². The first-order valence-electron chi connectivity index (χ1n) is 6.81. The molecule has 3 heteroatoms. The molecule has 1 saturated heterocycles. The van der Waals surface area contributed by atoms with Crippen molar-refractivity contribution in [2.24, 2.45) is 11.8 Å². The fourth-order valence-corrected chi connectivity index (χ4v) is 2.90. The highest BCUT2D eigenvalue weighted by Gasteiger charge is 2.29. The molecule has 1 aromatic rings. The largest absolute Gasteiger partial charge is 0.496 e. The number of ether oxygens (including phenoxy) is 2. The van der Waals surface area contributed by atoms with Gasteiger partial charge in [0.25, 0.3) is 0 Å². The highest BCUT2D eigenvalue weighted by atomic mass is 16.5. The molecule has 0 radical (unpaired) electrons. The van der Waals surface area contributed by atoms with Crippen LogP contribution in [0, 0.1) is 25.7 Å². The molecule has 1 aliphatic rings. The molecule has 104 valence electrons. The summed E-state index contributed by atoms with van der Waals surface area (Å²) in [6.45, 7) is 7.43. The van der Waals surface area contributed by atoms with E-state index in [4.69, 9.17) is 9.47 Å². The Morgan fingerprint density at radius 1 is 1.32 bits per heavy atom. The number of hydrogen-bond acceptors (Lipinski definition) is 3. The van der Waals surface area contributed by atoms with Crippen molar-refractivity contribution in [1.29, 1.82) is 0 Å². The van der Waals surface area contributed by atoms with Crippen LogP contribution >= 0.6 is 0 Å². The van der Waals surface area contributed by atoms with Gasteiger partial charge in [0.2, 0.25) is 0 Å². The predicted octanol–water partition coefficient (Wildman–Crippen LogP) is 3.17. The van der Waals surface area contributed by atoms with Crippen LogP contribution in [0.3, 0.4) is 0 Å². The fraction of sp³-hybridized carbons (Fsp3) is 0.562. The molecule has 0 bridgehead atoms. The van der Waals surface area contributed by atoms with Crippen LogP contribution in [0.4, 0.5) is 0 Å². The molecule has 2 unspecified atom stereocenters. The molecule has 2 atom stereocenters. The van der Waals surface area contributed by atoms with Crippen molar-refractivity contribution in [1.82, 2.24) is 0 Å². The third kappa shape index (κ3) is 2.81. The molecular formula is C16H22O3. The van der Waals surface area contributed by atoms with Gasteiger partial charge in [-0.05, 0) is 49.4 Å². The van der Waals surface area contributed by atoms with Crippen LogP contribution in [0.1, 0.15) is 34.8 Å². The van der Waals surface area contributed by atoms with Gasteiger partial charge in [0.05, 0.1) is 7.11 Å². The lowest BCUT2D eigenvalue weighted by Gasteiger charge is -2.28. The molecule has 2 rings (SSSR count). The maximum atomic E-state index is 12.6. The molecule has 0 aromatic heterocycles. The third-order valence-electron chi connectivity index (χ3n) is 3.93. The first-order chi connectivity index (χ1) is 9.04. The number of carbonyl (C=O) groups is 1. The Morgan fingerprint density at radius 2 is 1.95 bits per heavy atom. The van der Waals surface area contributed by atoms with Crippen molar-refractivity contribution in [3.8, 4) is 5.75 Å². The van der Waals surface area contributed by atoms with Crippen LogP contribution in [0.2, 0.25) is 0 Å². The van der Waals surface area contributed by atoms with Gasteiger partial charge in [0.1, 0.15) is 5.75 Å². The van der Waals surface area contributed by atoms with E-state index in [1.54, 1.807) is 7.11 Å². The standard InChI is InChI=1S/C16H22O3/c1-10-7-13(8-11(2)16(10)18-4)15(17)14-5-6-19-9-12(14)3/h7-8,12,14H,5-6,9H2,1-4H3. The van der Waals surface area contributed by atoms with Gasteiger partial charge in [-0.1, -0.05) is 6.92 Å². The minimum absolute atomic E-state index is 0.0842. The minimum atomic E-state index is 0.0842. The van der Waals surface area contributed by atoms with E-state index in [0.717, 1.165) is 28.9 Å². The summed E-state index contributed by atoms with van der Waals surface area (Å²) in [7, 11) is 1.66. The normalized spacial score (nSPS) is 23.2. The molecular weight excluding hydrogens is 240 g/mol. The molecule has 1 fully saturated rings. The smallest absolute Gasteiger partial charge is 0.166 e. The summed E-state index contributed by atoms with van der Waals surface area (Å²) < 4.78 is 10.8. The van der Waals surface area contributed by atoms with Crippen molar-refractivity contribution in [2.75, 3.05) is 20.3 Å². The molecule has 0 spiro atoms. The van der Waals surface area contributed by atoms with Crippen LogP contribution in [0.25, 0.3) is 0 Å². The van der Waals surface area contributed by atoms with Gasteiger partial charge in [-0.25, -0.2) is 0 Å². The minimum Gasteiger partial charge on any atom is -0.496 e. The Hall–Kier alpha value is -1.35. The summed E-state index contributed by atoms with van der Waals surface area (Å²) in [5.74, 6) is 1.49. The van der Waals surface area contributed by atoms with Crippen LogP contribution in [0.15, 0.2) is 12.1 Å². The van der Waals surface area contributed by atoms with Crippen molar-refractivity contribution < 1.29 is 14.3 Å². The number of methoxy groups -OCH3 is 1. The van der Waals surface area contributed by atoms with Gasteiger partial charge in [-0.15, -0.1) is 0 Å². The molecule has 0 saturated carbocycles. The average Bonchev–Trinajstić information content (AvgIpc) is 2.38. The molecule has 0 amide bonds. The summed E-state index contributed by atoms with van der Waals surface area (Å²) in [6.07, 6.45) is 0.824. The fourth-order valence-electron chi connectivity index (χ4n) is 2.90. The lowest BCUT2D eigenvalue weighted by Crippen LogP contribution is -2.31. The zero-order chi connectivity index (χ0) is 14.0. The van der Waals surface area contributed by atoms with E-state index in [2.05, 4.69) is 6.92 Å². The van der Waals surface area contributed by atoms with Crippen molar-refractivity contribution >= 4 is 5.78 Å². The van der Waals surface area contributed by atoms with E-state index in [1.807, 2.05) is 26.0 Å². The van der Waals surface area contributed by atoms with Gasteiger partial charge in [0, 0.05) is 24.7 Å². The first kappa shape index (κ1) is 14.1. The van der Waals surface area contributed by atoms with Gasteiger partial charge in [-0.2, -0.15) is 0 Å². The molecule has 3 nitrogen and oxygen atoms in total. The lowest BCUT2D eigenvalue weighted by molar-refractivity contribution is 0.0241. The van der Waals surface area contributed by atoms with Gasteiger partial charge < -0.3 is 9.47 Å². The van der Waals surface area contributed by atoms with E-state index in [1.165, 1.54) is 0 Å². The zero-order valence-electron chi connectivity index (χ0n) is 12.2. The highest BCUT2D eigenvalue weighted by molar-refractivity contribution is 5.98. The van der Waals surface area contributed by atoms with Gasteiger partial charge in [-0.3, -0.25) is 4.79 Å². The SMILES string of the molecule is COc1c(C)cc(C(=O)C2CCOCC2C)cc1C. The number of ketones is 1. The van der Waals surface area contributed by atoms with Crippen molar-refractivity contribution in [2.45, 2.75) is 27.2 Å². The first-order valence-corrected chi connectivity index (χ1v) is 6.81. The summed E-state index contributed by atoms with van der Waals surface area (Å²) >= 11 is 0. The average molecular weight is 262 g/mol. The molecule has 1 heterocycles. The summed E-state index contributed by atoms with van der Waals surface area (Å²) in [6, 6.07) is 3.88. The Morgan fingerprint density at radius 3 is 2.47 bits per heavy atom. The van der Waals surface area contributed by atoms with Crippen LogP contribution in [-0.2, 0) is 4.74 Å². The Bertz CT molecular complexity index is 456. The number of hydrogen-bond donors (Lipinski definition) is 0. The van der Waals surface area contributed by atoms with E-state index < -0.39 is 0 Å². The number of aryl methyl sites for hydroxylation is 2. The van der Waals surface area contributed by atoms with E-state index >= 15 is 0 Å². The summed E-state index contributed by atoms with van der Waals surface area (Å²) in [5, 5.41) is 0. The number of rotatable bonds is 3. The molecule has 1 aliphatic heterocycles. The van der Waals surface area contributed by atoms with Gasteiger partial charge >= 0.3 is 0 Å². The Kier molecular flexibility index (Phi) is 4.25. The highest BCUT2D eigenvalue weighted by Crippen LogP contribution is 2.29. The van der Waals surface area contributed by atoms with E-state index in [0.29, 0.717) is 19.1 Å². The van der Waals surface area contributed by atoms with Crippen LogP contribution in [-0.4, -0.2) is 26.1 Å². The maximum Gasteiger partial charge on any atom is 0.166 e. The van der Waals surface area contributed by atoms with Crippen LogP contribution in [0.5, 0.6) is 5.75 Å². The topological polar surface area (TPSA) is 35.5 Å². The lowest BCUT2D eigenvalue weighted by atomic mass is 9.83. The van der Waals surface area contributed by atoms with Gasteiger partial charge in [0.15, 0.2) is 5.78 Å². The molecule has 1 aromatic carbocycles. The van der Waals surface area contributed by atoms with E-state index in [-0.39, 0.29) is 11.7 Å². The number of carbonyl (C=O) groups excluding carboxylic acids is 1. The Labute approximate surface area is 114 Å². The van der Waals surface area contributed by atoms with Crippen molar-refractivity contribution in [3.63, 3.8) is 0 Å².